The number of methoxy groups -OCH3 is 1. The maximum absolute atomic E-state index is 12.3. The molecule has 0 aliphatic heterocycles. The van der Waals surface area contributed by atoms with Gasteiger partial charge in [-0.3, -0.25) is 4.79 Å². The molecule has 1 N–H and O–H groups in total. The predicted octanol–water partition coefficient (Wildman–Crippen LogP) is 4.82. The molecule has 0 saturated heterocycles. The highest BCUT2D eigenvalue weighted by atomic mass is 32.1. The van der Waals surface area contributed by atoms with Crippen LogP contribution in [0.25, 0.3) is 11.1 Å². The normalized spacial score (nSPS) is 10.4. The van der Waals surface area contributed by atoms with Gasteiger partial charge in [0.05, 0.1) is 12.0 Å². The number of esters is 1. The van der Waals surface area contributed by atoms with Gasteiger partial charge in [0.15, 0.2) is 0 Å². The average molecular weight is 357 g/mol. The monoisotopic (exact) mass is 357 g/mol. The Morgan fingerprint density at radius 2 is 1.83 bits per heavy atom. The lowest BCUT2D eigenvalue weighted by atomic mass is 10.0. The quantitative estimate of drug-likeness (QED) is 0.681. The summed E-state index contributed by atoms with van der Waals surface area (Å²) in [5, 5.41) is 7.01. The number of rotatable bonds is 4. The van der Waals surface area contributed by atoms with Gasteiger partial charge in [0, 0.05) is 10.9 Å². The summed E-state index contributed by atoms with van der Waals surface area (Å²) in [4.78, 5) is 25.1. The Balaban J connectivity index is 1.99. The summed E-state index contributed by atoms with van der Waals surface area (Å²) in [6, 6.07) is 11.4. The van der Waals surface area contributed by atoms with Crippen molar-refractivity contribution in [1.82, 2.24) is 0 Å². The van der Waals surface area contributed by atoms with Crippen LogP contribution in [-0.4, -0.2) is 19.0 Å². The van der Waals surface area contributed by atoms with Crippen molar-refractivity contribution in [3.8, 4) is 11.1 Å². The Bertz CT molecular complexity index is 864. The fourth-order valence-corrected chi connectivity index (χ4v) is 3.84. The minimum Gasteiger partial charge on any atom is -0.465 e. The van der Waals surface area contributed by atoms with Crippen LogP contribution in [0.2, 0.25) is 0 Å². The standard InChI is InChI=1S/C18H15NO3S2/c1-11-5-7-12(8-6-11)13-10-24-17(15(13)18(21)22-2)19-16(20)14-4-3-9-23-14/h3-10H,1-2H3,(H,19,20). The number of aryl methyl sites for hydroxylation is 1. The second kappa shape index (κ2) is 6.98. The van der Waals surface area contributed by atoms with Gasteiger partial charge in [-0.1, -0.05) is 35.9 Å². The van der Waals surface area contributed by atoms with Crippen LogP contribution in [0.4, 0.5) is 5.00 Å². The number of carbonyl (C=O) groups is 2. The Labute approximate surface area is 147 Å². The van der Waals surface area contributed by atoms with E-state index in [1.165, 1.54) is 29.8 Å². The lowest BCUT2D eigenvalue weighted by Gasteiger charge is -2.07. The Morgan fingerprint density at radius 1 is 1.08 bits per heavy atom. The van der Waals surface area contributed by atoms with E-state index in [4.69, 9.17) is 4.74 Å². The first kappa shape index (κ1) is 16.4. The van der Waals surface area contributed by atoms with Crippen LogP contribution in [0.5, 0.6) is 0 Å². The fraction of sp³-hybridized carbons (Fsp3) is 0.111. The zero-order valence-corrected chi connectivity index (χ0v) is 14.8. The molecular weight excluding hydrogens is 342 g/mol. The zero-order valence-electron chi connectivity index (χ0n) is 13.2. The van der Waals surface area contributed by atoms with Crippen LogP contribution in [0.3, 0.4) is 0 Å². The van der Waals surface area contributed by atoms with Crippen LogP contribution in [-0.2, 0) is 4.74 Å². The van der Waals surface area contributed by atoms with E-state index in [9.17, 15) is 9.59 Å². The van der Waals surface area contributed by atoms with E-state index in [1.54, 1.807) is 6.07 Å². The average Bonchev–Trinajstić information content (AvgIpc) is 3.24. The zero-order chi connectivity index (χ0) is 17.1. The maximum atomic E-state index is 12.3. The number of benzene rings is 1. The van der Waals surface area contributed by atoms with Gasteiger partial charge in [-0.05, 0) is 23.9 Å². The lowest BCUT2D eigenvalue weighted by Crippen LogP contribution is -2.13. The minimum absolute atomic E-state index is 0.229. The van der Waals surface area contributed by atoms with E-state index in [2.05, 4.69) is 5.32 Å². The molecule has 0 aliphatic carbocycles. The van der Waals surface area contributed by atoms with Crippen molar-refractivity contribution in [3.05, 3.63) is 63.2 Å². The number of thiophene rings is 2. The molecule has 0 aliphatic rings. The van der Waals surface area contributed by atoms with Crippen molar-refractivity contribution < 1.29 is 14.3 Å². The molecule has 2 aromatic heterocycles. The number of nitrogens with one attached hydrogen (secondary N) is 1. The van der Waals surface area contributed by atoms with E-state index in [1.807, 2.05) is 48.0 Å². The molecule has 1 amide bonds. The van der Waals surface area contributed by atoms with Gasteiger partial charge in [0.1, 0.15) is 10.6 Å². The van der Waals surface area contributed by atoms with Crippen molar-refractivity contribution in [2.75, 3.05) is 12.4 Å². The molecule has 0 atom stereocenters. The second-order valence-corrected chi connectivity index (χ2v) is 6.97. The van der Waals surface area contributed by atoms with E-state index >= 15 is 0 Å². The van der Waals surface area contributed by atoms with E-state index in [0.717, 1.165) is 16.7 Å². The third-order valence-electron chi connectivity index (χ3n) is 3.52. The lowest BCUT2D eigenvalue weighted by molar-refractivity contribution is 0.0603. The molecule has 0 radical (unpaired) electrons. The molecule has 0 saturated carbocycles. The summed E-state index contributed by atoms with van der Waals surface area (Å²) < 4.78 is 4.91. The number of anilines is 1. The third kappa shape index (κ3) is 3.25. The van der Waals surface area contributed by atoms with Crippen molar-refractivity contribution >= 4 is 39.6 Å². The van der Waals surface area contributed by atoms with Gasteiger partial charge in [-0.25, -0.2) is 4.79 Å². The van der Waals surface area contributed by atoms with Crippen molar-refractivity contribution in [2.45, 2.75) is 6.92 Å². The number of hydrogen-bond donors (Lipinski definition) is 1. The molecule has 24 heavy (non-hydrogen) atoms. The summed E-state index contributed by atoms with van der Waals surface area (Å²) in [6.45, 7) is 2.01. The van der Waals surface area contributed by atoms with Crippen LogP contribution < -0.4 is 5.32 Å². The van der Waals surface area contributed by atoms with Crippen LogP contribution >= 0.6 is 22.7 Å². The molecule has 3 rings (SSSR count). The van der Waals surface area contributed by atoms with Gasteiger partial charge >= 0.3 is 5.97 Å². The molecule has 0 unspecified atom stereocenters. The molecule has 0 bridgehead atoms. The largest absolute Gasteiger partial charge is 0.465 e. The molecule has 0 spiro atoms. The first-order valence-corrected chi connectivity index (χ1v) is 8.97. The SMILES string of the molecule is COC(=O)c1c(-c2ccc(C)cc2)csc1NC(=O)c1cccs1. The van der Waals surface area contributed by atoms with Crippen molar-refractivity contribution in [1.29, 1.82) is 0 Å². The summed E-state index contributed by atoms with van der Waals surface area (Å²) in [6.07, 6.45) is 0. The van der Waals surface area contributed by atoms with Gasteiger partial charge < -0.3 is 10.1 Å². The molecule has 122 valence electrons. The highest BCUT2D eigenvalue weighted by Gasteiger charge is 2.22. The summed E-state index contributed by atoms with van der Waals surface area (Å²) >= 11 is 2.67. The second-order valence-electron chi connectivity index (χ2n) is 5.14. The molecule has 6 heteroatoms. The van der Waals surface area contributed by atoms with Crippen LogP contribution in [0, 0.1) is 6.92 Å². The van der Waals surface area contributed by atoms with Crippen LogP contribution in [0.1, 0.15) is 25.6 Å². The number of carbonyl (C=O) groups excluding carboxylic acids is 2. The molecule has 3 aromatic rings. The first-order chi connectivity index (χ1) is 11.6. The Hall–Kier alpha value is -2.44. The third-order valence-corrected chi connectivity index (χ3v) is 5.28. The molecular formula is C18H15NO3S2. The molecule has 2 heterocycles. The van der Waals surface area contributed by atoms with E-state index in [-0.39, 0.29) is 5.91 Å². The van der Waals surface area contributed by atoms with Crippen molar-refractivity contribution in [3.63, 3.8) is 0 Å². The smallest absolute Gasteiger partial charge is 0.341 e. The van der Waals surface area contributed by atoms with E-state index in [0.29, 0.717) is 15.4 Å². The summed E-state index contributed by atoms with van der Waals surface area (Å²) in [5.74, 6) is -0.694. The molecule has 4 nitrogen and oxygen atoms in total. The van der Waals surface area contributed by atoms with Gasteiger partial charge in [0.25, 0.3) is 5.91 Å². The van der Waals surface area contributed by atoms with E-state index < -0.39 is 5.97 Å². The highest BCUT2D eigenvalue weighted by molar-refractivity contribution is 7.15. The Kier molecular flexibility index (Phi) is 4.78. The highest BCUT2D eigenvalue weighted by Crippen LogP contribution is 2.36. The Morgan fingerprint density at radius 3 is 2.46 bits per heavy atom. The number of ether oxygens (including phenoxy) is 1. The molecule has 1 aromatic carbocycles. The topological polar surface area (TPSA) is 55.4 Å². The fourth-order valence-electron chi connectivity index (χ4n) is 2.27. The molecule has 0 fully saturated rings. The first-order valence-electron chi connectivity index (χ1n) is 7.22. The number of amides is 1. The minimum atomic E-state index is -0.465. The maximum Gasteiger partial charge on any atom is 0.341 e. The van der Waals surface area contributed by atoms with Gasteiger partial charge in [0.2, 0.25) is 0 Å². The summed E-state index contributed by atoms with van der Waals surface area (Å²) in [7, 11) is 1.34. The van der Waals surface area contributed by atoms with Crippen LogP contribution in [0.15, 0.2) is 47.2 Å². The summed E-state index contributed by atoms with van der Waals surface area (Å²) in [5.41, 5.74) is 3.19. The van der Waals surface area contributed by atoms with Gasteiger partial charge in [-0.15, -0.1) is 22.7 Å². The number of hydrogen-bond acceptors (Lipinski definition) is 5. The van der Waals surface area contributed by atoms with Crippen molar-refractivity contribution in [2.24, 2.45) is 0 Å². The predicted molar refractivity (Wildman–Crippen MR) is 98.1 cm³/mol. The van der Waals surface area contributed by atoms with Gasteiger partial charge in [-0.2, -0.15) is 0 Å².